The summed E-state index contributed by atoms with van der Waals surface area (Å²) in [5.41, 5.74) is 2.50. The van der Waals surface area contributed by atoms with Gasteiger partial charge in [-0.25, -0.2) is 9.59 Å². The number of esters is 2. The summed E-state index contributed by atoms with van der Waals surface area (Å²) in [6.45, 7) is 0.0206. The van der Waals surface area contributed by atoms with Crippen molar-refractivity contribution in [2.45, 2.75) is 19.1 Å². The lowest BCUT2D eigenvalue weighted by molar-refractivity contribution is -0.147. The lowest BCUT2D eigenvalue weighted by Gasteiger charge is -2.18. The molecule has 0 aliphatic heterocycles. The number of rotatable bonds is 8. The fourth-order valence-corrected chi connectivity index (χ4v) is 2.98. The van der Waals surface area contributed by atoms with Gasteiger partial charge in [0.2, 0.25) is 0 Å². The van der Waals surface area contributed by atoms with E-state index in [1.54, 1.807) is 48.5 Å². The van der Waals surface area contributed by atoms with E-state index in [4.69, 9.17) is 4.74 Å². The van der Waals surface area contributed by atoms with Crippen molar-refractivity contribution in [3.63, 3.8) is 0 Å². The van der Waals surface area contributed by atoms with Gasteiger partial charge in [0.05, 0.1) is 12.7 Å². The number of nitrogens with one attached hydrogen (secondary N) is 1. The Morgan fingerprint density at radius 3 is 2.00 bits per heavy atom. The molecule has 0 heterocycles. The van der Waals surface area contributed by atoms with Gasteiger partial charge in [-0.1, -0.05) is 60.7 Å². The Bertz CT molecular complexity index is 1020. The Balaban J connectivity index is 1.68. The Hall–Kier alpha value is -3.93. The summed E-state index contributed by atoms with van der Waals surface area (Å²) in [7, 11) is 1.31. The van der Waals surface area contributed by atoms with Crippen LogP contribution in [0.3, 0.4) is 0 Å². The third kappa shape index (κ3) is 6.27. The molecule has 0 aromatic heterocycles. The van der Waals surface area contributed by atoms with Crippen LogP contribution in [-0.2, 0) is 27.3 Å². The van der Waals surface area contributed by atoms with E-state index in [2.05, 4.69) is 10.1 Å². The van der Waals surface area contributed by atoms with E-state index < -0.39 is 18.0 Å². The Labute approximate surface area is 180 Å². The molecule has 0 spiro atoms. The molecule has 6 heteroatoms. The maximum absolute atomic E-state index is 12.8. The number of methoxy groups -OCH3 is 1. The van der Waals surface area contributed by atoms with Gasteiger partial charge in [0.1, 0.15) is 12.6 Å². The standard InChI is InChI=1S/C25H23NO5/c1-30-24(28)21-14-12-19(13-15-21)17-31-25(29)22(16-18-8-4-2-5-9-18)26-23(27)20-10-6-3-7-11-20/h2-15,22H,16-17H2,1H3,(H,26,27). The van der Waals surface area contributed by atoms with Crippen molar-refractivity contribution in [3.05, 3.63) is 107 Å². The minimum absolute atomic E-state index is 0.0206. The highest BCUT2D eigenvalue weighted by Gasteiger charge is 2.23. The topological polar surface area (TPSA) is 81.7 Å². The summed E-state index contributed by atoms with van der Waals surface area (Å²) in [5.74, 6) is -1.32. The minimum Gasteiger partial charge on any atom is -0.465 e. The van der Waals surface area contributed by atoms with Crippen LogP contribution in [0.2, 0.25) is 0 Å². The van der Waals surface area contributed by atoms with E-state index in [9.17, 15) is 14.4 Å². The highest BCUT2D eigenvalue weighted by Crippen LogP contribution is 2.10. The van der Waals surface area contributed by atoms with Gasteiger partial charge < -0.3 is 14.8 Å². The molecule has 1 N–H and O–H groups in total. The molecule has 0 fully saturated rings. The Kier molecular flexibility index (Phi) is 7.54. The number of benzene rings is 3. The van der Waals surface area contributed by atoms with Crippen LogP contribution in [0, 0.1) is 0 Å². The first-order chi connectivity index (χ1) is 15.1. The maximum atomic E-state index is 12.8. The molecule has 31 heavy (non-hydrogen) atoms. The van der Waals surface area contributed by atoms with Crippen molar-refractivity contribution in [1.82, 2.24) is 5.32 Å². The molecule has 0 saturated carbocycles. The molecule has 0 saturated heterocycles. The van der Waals surface area contributed by atoms with Gasteiger partial charge in [-0.05, 0) is 35.4 Å². The first kappa shape index (κ1) is 21.8. The van der Waals surface area contributed by atoms with Crippen LogP contribution in [-0.4, -0.2) is 31.0 Å². The molecular formula is C25H23NO5. The molecule has 3 aromatic carbocycles. The average Bonchev–Trinajstić information content (AvgIpc) is 2.83. The quantitative estimate of drug-likeness (QED) is 0.567. The number of hydrogen-bond acceptors (Lipinski definition) is 5. The van der Waals surface area contributed by atoms with Crippen LogP contribution in [0.15, 0.2) is 84.9 Å². The predicted molar refractivity (Wildman–Crippen MR) is 115 cm³/mol. The van der Waals surface area contributed by atoms with Crippen molar-refractivity contribution < 1.29 is 23.9 Å². The second-order valence-corrected chi connectivity index (χ2v) is 6.88. The van der Waals surface area contributed by atoms with Gasteiger partial charge in [0.25, 0.3) is 5.91 Å². The van der Waals surface area contributed by atoms with Crippen molar-refractivity contribution in [1.29, 1.82) is 0 Å². The molecular weight excluding hydrogens is 394 g/mol. The van der Waals surface area contributed by atoms with Gasteiger partial charge in [-0.3, -0.25) is 4.79 Å². The van der Waals surface area contributed by atoms with Crippen LogP contribution in [0.1, 0.15) is 31.8 Å². The number of amides is 1. The predicted octanol–water partition coefficient (Wildman–Crippen LogP) is 3.56. The first-order valence-corrected chi connectivity index (χ1v) is 9.80. The fraction of sp³-hybridized carbons (Fsp3) is 0.160. The van der Waals surface area contributed by atoms with Crippen molar-refractivity contribution >= 4 is 17.8 Å². The third-order valence-electron chi connectivity index (χ3n) is 4.66. The summed E-state index contributed by atoms with van der Waals surface area (Å²) in [5, 5.41) is 2.77. The fourth-order valence-electron chi connectivity index (χ4n) is 2.98. The highest BCUT2D eigenvalue weighted by molar-refractivity contribution is 5.96. The van der Waals surface area contributed by atoms with E-state index in [1.165, 1.54) is 7.11 Å². The zero-order valence-corrected chi connectivity index (χ0v) is 17.1. The number of ether oxygens (including phenoxy) is 2. The zero-order chi connectivity index (χ0) is 22.1. The first-order valence-electron chi connectivity index (χ1n) is 9.80. The van der Waals surface area contributed by atoms with E-state index >= 15 is 0 Å². The molecule has 6 nitrogen and oxygen atoms in total. The highest BCUT2D eigenvalue weighted by atomic mass is 16.5. The SMILES string of the molecule is COC(=O)c1ccc(COC(=O)C(Cc2ccccc2)NC(=O)c2ccccc2)cc1. The summed E-state index contributed by atoms with van der Waals surface area (Å²) < 4.78 is 10.1. The zero-order valence-electron chi connectivity index (χ0n) is 17.1. The molecule has 1 amide bonds. The summed E-state index contributed by atoms with van der Waals surface area (Å²) in [4.78, 5) is 36.9. The van der Waals surface area contributed by atoms with Crippen LogP contribution in [0.5, 0.6) is 0 Å². The molecule has 158 valence electrons. The molecule has 0 bridgehead atoms. The van der Waals surface area contributed by atoms with Gasteiger partial charge >= 0.3 is 11.9 Å². The Morgan fingerprint density at radius 1 is 0.774 bits per heavy atom. The van der Waals surface area contributed by atoms with E-state index in [0.29, 0.717) is 23.1 Å². The number of carbonyl (C=O) groups is 3. The molecule has 0 aliphatic rings. The van der Waals surface area contributed by atoms with Crippen molar-refractivity contribution in [2.24, 2.45) is 0 Å². The summed E-state index contributed by atoms with van der Waals surface area (Å²) >= 11 is 0. The van der Waals surface area contributed by atoms with Gasteiger partial charge in [-0.15, -0.1) is 0 Å². The van der Waals surface area contributed by atoms with Crippen LogP contribution >= 0.6 is 0 Å². The van der Waals surface area contributed by atoms with Crippen LogP contribution < -0.4 is 5.32 Å². The van der Waals surface area contributed by atoms with E-state index in [1.807, 2.05) is 36.4 Å². The van der Waals surface area contributed by atoms with E-state index in [-0.39, 0.29) is 12.5 Å². The number of hydrogen-bond donors (Lipinski definition) is 1. The molecule has 1 atom stereocenters. The normalized spacial score (nSPS) is 11.3. The molecule has 0 aliphatic carbocycles. The molecule has 3 rings (SSSR count). The second kappa shape index (κ2) is 10.7. The lowest BCUT2D eigenvalue weighted by Crippen LogP contribution is -2.43. The second-order valence-electron chi connectivity index (χ2n) is 6.88. The average molecular weight is 417 g/mol. The molecule has 1 unspecified atom stereocenters. The van der Waals surface area contributed by atoms with Gasteiger partial charge in [0, 0.05) is 12.0 Å². The Morgan fingerprint density at radius 2 is 1.39 bits per heavy atom. The molecule has 0 radical (unpaired) electrons. The maximum Gasteiger partial charge on any atom is 0.337 e. The smallest absolute Gasteiger partial charge is 0.337 e. The monoisotopic (exact) mass is 417 g/mol. The van der Waals surface area contributed by atoms with Gasteiger partial charge in [-0.2, -0.15) is 0 Å². The third-order valence-corrected chi connectivity index (χ3v) is 4.66. The lowest BCUT2D eigenvalue weighted by atomic mass is 10.1. The van der Waals surface area contributed by atoms with E-state index in [0.717, 1.165) is 5.56 Å². The summed E-state index contributed by atoms with van der Waals surface area (Å²) in [6, 6.07) is 23.9. The van der Waals surface area contributed by atoms with Crippen molar-refractivity contribution in [3.8, 4) is 0 Å². The van der Waals surface area contributed by atoms with Crippen LogP contribution in [0.25, 0.3) is 0 Å². The van der Waals surface area contributed by atoms with Crippen molar-refractivity contribution in [2.75, 3.05) is 7.11 Å². The summed E-state index contributed by atoms with van der Waals surface area (Å²) in [6.07, 6.45) is 0.305. The number of carbonyl (C=O) groups excluding carboxylic acids is 3. The van der Waals surface area contributed by atoms with Gasteiger partial charge in [0.15, 0.2) is 0 Å². The largest absolute Gasteiger partial charge is 0.465 e. The van der Waals surface area contributed by atoms with Crippen LogP contribution in [0.4, 0.5) is 0 Å². The molecule has 3 aromatic rings. The minimum atomic E-state index is -0.843.